The van der Waals surface area contributed by atoms with Crippen molar-refractivity contribution >= 4 is 22.6 Å². The molecule has 0 N–H and O–H groups in total. The number of fused-ring (bicyclic) bond motifs is 3. The highest BCUT2D eigenvalue weighted by molar-refractivity contribution is 6.01. The number of aromatic nitrogens is 5. The van der Waals surface area contributed by atoms with Crippen LogP contribution in [0.15, 0.2) is 36.4 Å². The monoisotopic (exact) mass is 372 g/mol. The van der Waals surface area contributed by atoms with Crippen molar-refractivity contribution in [2.24, 2.45) is 0 Å². The van der Waals surface area contributed by atoms with Crippen LogP contribution in [0, 0.1) is 13.8 Å². The molecule has 0 spiro atoms. The van der Waals surface area contributed by atoms with E-state index in [9.17, 15) is 0 Å². The highest BCUT2D eigenvalue weighted by atomic mass is 15.3. The molecule has 28 heavy (non-hydrogen) atoms. The van der Waals surface area contributed by atoms with E-state index in [0.717, 1.165) is 52.7 Å². The maximum absolute atomic E-state index is 5.04. The lowest BCUT2D eigenvalue weighted by Gasteiger charge is -2.20. The molecule has 0 aliphatic carbocycles. The number of hydrogen-bond donors (Lipinski definition) is 0. The van der Waals surface area contributed by atoms with E-state index in [-0.39, 0.29) is 0 Å². The Labute approximate surface area is 164 Å². The third-order valence-corrected chi connectivity index (χ3v) is 5.47. The summed E-state index contributed by atoms with van der Waals surface area (Å²) in [7, 11) is 0. The predicted octanol–water partition coefficient (Wildman–Crippen LogP) is 4.34. The molecule has 3 aromatic heterocycles. The summed E-state index contributed by atoms with van der Waals surface area (Å²) in [6.45, 7) is 6.08. The van der Waals surface area contributed by atoms with E-state index in [1.165, 1.54) is 25.7 Å². The van der Waals surface area contributed by atoms with Crippen LogP contribution in [0.1, 0.15) is 37.1 Å². The van der Waals surface area contributed by atoms with Gasteiger partial charge in [0.1, 0.15) is 0 Å². The third kappa shape index (κ3) is 2.89. The SMILES string of the molecule is Cc1cc(C)n2nc3nc(N4CCCCCC4)nc(-c4ccccc4)c3c2n1. The fraction of sp³-hybridized carbons (Fsp3) is 0.364. The van der Waals surface area contributed by atoms with Crippen LogP contribution in [0.4, 0.5) is 5.95 Å². The van der Waals surface area contributed by atoms with E-state index in [2.05, 4.69) is 24.0 Å². The van der Waals surface area contributed by atoms with Gasteiger partial charge in [0.15, 0.2) is 11.3 Å². The molecule has 1 saturated heterocycles. The summed E-state index contributed by atoms with van der Waals surface area (Å²) < 4.78 is 1.89. The first-order valence-electron chi connectivity index (χ1n) is 10.1. The summed E-state index contributed by atoms with van der Waals surface area (Å²) in [4.78, 5) is 17.0. The number of aryl methyl sites for hydroxylation is 2. The molecule has 4 heterocycles. The molecular weight excluding hydrogens is 348 g/mol. The third-order valence-electron chi connectivity index (χ3n) is 5.47. The standard InChI is InChI=1S/C22H24N6/c1-15-14-16(2)28-21(23-15)18-19(17-10-6-5-7-11-17)24-22(25-20(18)26-28)27-12-8-3-4-9-13-27/h5-7,10-11,14H,3-4,8-9,12-13H2,1-2H3. The zero-order valence-corrected chi connectivity index (χ0v) is 16.4. The van der Waals surface area contributed by atoms with Gasteiger partial charge in [-0.25, -0.2) is 14.5 Å². The van der Waals surface area contributed by atoms with Crippen LogP contribution in [0.3, 0.4) is 0 Å². The second-order valence-electron chi connectivity index (χ2n) is 7.61. The maximum atomic E-state index is 5.04. The Morgan fingerprint density at radius 3 is 2.36 bits per heavy atom. The number of nitrogens with zero attached hydrogens (tertiary/aromatic N) is 6. The van der Waals surface area contributed by atoms with Gasteiger partial charge in [0.2, 0.25) is 5.95 Å². The molecule has 0 saturated carbocycles. The van der Waals surface area contributed by atoms with Gasteiger partial charge >= 0.3 is 0 Å². The highest BCUT2D eigenvalue weighted by Crippen LogP contribution is 2.31. The van der Waals surface area contributed by atoms with Crippen molar-refractivity contribution in [3.63, 3.8) is 0 Å². The van der Waals surface area contributed by atoms with Gasteiger partial charge in [0, 0.05) is 30.0 Å². The highest BCUT2D eigenvalue weighted by Gasteiger charge is 2.21. The summed E-state index contributed by atoms with van der Waals surface area (Å²) in [5.74, 6) is 0.783. The number of benzene rings is 1. The topological polar surface area (TPSA) is 59.2 Å². The molecule has 0 radical (unpaired) electrons. The lowest BCUT2D eigenvalue weighted by molar-refractivity contribution is 0.726. The van der Waals surface area contributed by atoms with Crippen molar-refractivity contribution in [2.45, 2.75) is 39.5 Å². The predicted molar refractivity (Wildman–Crippen MR) is 112 cm³/mol. The summed E-state index contributed by atoms with van der Waals surface area (Å²) in [5, 5.41) is 5.72. The Bertz CT molecular complexity index is 1140. The minimum Gasteiger partial charge on any atom is -0.341 e. The smallest absolute Gasteiger partial charge is 0.228 e. The lowest BCUT2D eigenvalue weighted by atomic mass is 10.1. The zero-order chi connectivity index (χ0) is 19.1. The molecule has 6 heteroatoms. The molecule has 142 valence electrons. The zero-order valence-electron chi connectivity index (χ0n) is 16.4. The van der Waals surface area contributed by atoms with Gasteiger partial charge < -0.3 is 4.90 Å². The minimum atomic E-state index is 0.717. The molecule has 1 fully saturated rings. The second kappa shape index (κ2) is 6.86. The van der Waals surface area contributed by atoms with Crippen LogP contribution < -0.4 is 4.90 Å². The first-order chi connectivity index (χ1) is 13.7. The molecule has 6 nitrogen and oxygen atoms in total. The summed E-state index contributed by atoms with van der Waals surface area (Å²) >= 11 is 0. The van der Waals surface area contributed by atoms with Crippen LogP contribution in [-0.4, -0.2) is 37.7 Å². The first kappa shape index (κ1) is 17.1. The largest absolute Gasteiger partial charge is 0.341 e. The van der Waals surface area contributed by atoms with Crippen LogP contribution >= 0.6 is 0 Å². The second-order valence-corrected chi connectivity index (χ2v) is 7.61. The van der Waals surface area contributed by atoms with Gasteiger partial charge in [0.25, 0.3) is 0 Å². The molecule has 1 aromatic carbocycles. The van der Waals surface area contributed by atoms with Crippen molar-refractivity contribution in [2.75, 3.05) is 18.0 Å². The van der Waals surface area contributed by atoms with E-state index in [1.807, 2.05) is 35.7 Å². The molecule has 5 rings (SSSR count). The van der Waals surface area contributed by atoms with Crippen molar-refractivity contribution in [3.8, 4) is 11.3 Å². The van der Waals surface area contributed by atoms with Gasteiger partial charge in [-0.15, -0.1) is 5.10 Å². The number of rotatable bonds is 2. The molecule has 1 aliphatic rings. The molecular formula is C22H24N6. The van der Waals surface area contributed by atoms with Crippen molar-refractivity contribution < 1.29 is 0 Å². The Kier molecular flexibility index (Phi) is 4.19. The molecule has 0 atom stereocenters. The van der Waals surface area contributed by atoms with E-state index >= 15 is 0 Å². The molecule has 0 bridgehead atoms. The van der Waals surface area contributed by atoms with Crippen LogP contribution in [0.2, 0.25) is 0 Å². The maximum Gasteiger partial charge on any atom is 0.228 e. The van der Waals surface area contributed by atoms with Crippen LogP contribution in [0.25, 0.3) is 27.9 Å². The average Bonchev–Trinajstić information content (AvgIpc) is 2.89. The summed E-state index contributed by atoms with van der Waals surface area (Å²) in [6.07, 6.45) is 4.93. The van der Waals surface area contributed by atoms with Gasteiger partial charge in [-0.2, -0.15) is 4.98 Å². The quantitative estimate of drug-likeness (QED) is 0.524. The van der Waals surface area contributed by atoms with Crippen LogP contribution in [-0.2, 0) is 0 Å². The summed E-state index contributed by atoms with van der Waals surface area (Å²) in [5.41, 5.74) is 5.56. The lowest BCUT2D eigenvalue weighted by Crippen LogP contribution is -2.26. The first-order valence-corrected chi connectivity index (χ1v) is 10.1. The molecule has 4 aromatic rings. The fourth-order valence-electron chi connectivity index (χ4n) is 4.09. The Hall–Kier alpha value is -3.02. The van der Waals surface area contributed by atoms with Gasteiger partial charge in [-0.05, 0) is 32.8 Å². The fourth-order valence-corrected chi connectivity index (χ4v) is 4.09. The van der Waals surface area contributed by atoms with Crippen molar-refractivity contribution in [3.05, 3.63) is 47.8 Å². The van der Waals surface area contributed by atoms with E-state index in [0.29, 0.717) is 5.65 Å². The van der Waals surface area contributed by atoms with E-state index in [4.69, 9.17) is 20.1 Å². The molecule has 0 amide bonds. The van der Waals surface area contributed by atoms with Gasteiger partial charge in [-0.1, -0.05) is 43.2 Å². The normalized spacial score (nSPS) is 15.3. The van der Waals surface area contributed by atoms with Gasteiger partial charge in [0.05, 0.1) is 11.1 Å². The Balaban J connectivity index is 1.81. The molecule has 1 aliphatic heterocycles. The van der Waals surface area contributed by atoms with Crippen molar-refractivity contribution in [1.82, 2.24) is 24.6 Å². The molecule has 0 unspecified atom stereocenters. The van der Waals surface area contributed by atoms with Crippen molar-refractivity contribution in [1.29, 1.82) is 0 Å². The van der Waals surface area contributed by atoms with Crippen LogP contribution in [0.5, 0.6) is 0 Å². The number of hydrogen-bond acceptors (Lipinski definition) is 5. The Morgan fingerprint density at radius 2 is 1.61 bits per heavy atom. The summed E-state index contributed by atoms with van der Waals surface area (Å²) in [6, 6.07) is 12.4. The minimum absolute atomic E-state index is 0.717. The average molecular weight is 372 g/mol. The van der Waals surface area contributed by atoms with E-state index in [1.54, 1.807) is 0 Å². The van der Waals surface area contributed by atoms with E-state index < -0.39 is 0 Å². The van der Waals surface area contributed by atoms with Gasteiger partial charge in [-0.3, -0.25) is 0 Å². The Morgan fingerprint density at radius 1 is 0.857 bits per heavy atom. The number of anilines is 1.